The molecule has 0 bridgehead atoms. The van der Waals surface area contributed by atoms with Crippen LogP contribution in [0, 0.1) is 13.8 Å². The van der Waals surface area contributed by atoms with E-state index in [4.69, 9.17) is 21.7 Å². The third kappa shape index (κ3) is 4.68. The SMILES string of the molecule is Cc1ccc(C)c(OCC(=O)NC(=S)N2CCOCC2)c1. The van der Waals surface area contributed by atoms with Crippen molar-refractivity contribution in [2.45, 2.75) is 13.8 Å². The molecule has 6 heteroatoms. The van der Waals surface area contributed by atoms with Gasteiger partial charge in [0.25, 0.3) is 5.91 Å². The van der Waals surface area contributed by atoms with Crippen molar-refractivity contribution in [2.24, 2.45) is 0 Å². The van der Waals surface area contributed by atoms with Gasteiger partial charge >= 0.3 is 0 Å². The average molecular weight is 308 g/mol. The van der Waals surface area contributed by atoms with Crippen LogP contribution in [0.2, 0.25) is 0 Å². The number of ether oxygens (including phenoxy) is 2. The summed E-state index contributed by atoms with van der Waals surface area (Å²) in [6.45, 7) is 6.57. The molecule has 0 saturated carbocycles. The van der Waals surface area contributed by atoms with E-state index in [2.05, 4.69) is 5.32 Å². The van der Waals surface area contributed by atoms with E-state index in [1.165, 1.54) is 0 Å². The van der Waals surface area contributed by atoms with Crippen molar-refractivity contribution in [3.05, 3.63) is 29.3 Å². The number of benzene rings is 1. The number of hydrogen-bond acceptors (Lipinski definition) is 4. The maximum atomic E-state index is 11.9. The van der Waals surface area contributed by atoms with Crippen LogP contribution in [0.4, 0.5) is 0 Å². The number of hydrogen-bond donors (Lipinski definition) is 1. The van der Waals surface area contributed by atoms with E-state index in [0.29, 0.717) is 31.4 Å². The molecule has 2 rings (SSSR count). The number of nitrogens with zero attached hydrogens (tertiary/aromatic N) is 1. The monoisotopic (exact) mass is 308 g/mol. The van der Waals surface area contributed by atoms with E-state index >= 15 is 0 Å². The summed E-state index contributed by atoms with van der Waals surface area (Å²) in [5.41, 5.74) is 2.10. The number of morpholine rings is 1. The summed E-state index contributed by atoms with van der Waals surface area (Å²) in [6.07, 6.45) is 0. The highest BCUT2D eigenvalue weighted by Crippen LogP contribution is 2.18. The first-order valence-corrected chi connectivity index (χ1v) is 7.33. The van der Waals surface area contributed by atoms with Crippen LogP contribution in [0.15, 0.2) is 18.2 Å². The largest absolute Gasteiger partial charge is 0.483 e. The van der Waals surface area contributed by atoms with E-state index < -0.39 is 0 Å². The van der Waals surface area contributed by atoms with Crippen molar-refractivity contribution < 1.29 is 14.3 Å². The quantitative estimate of drug-likeness (QED) is 0.856. The maximum absolute atomic E-state index is 11.9. The molecule has 0 unspecified atom stereocenters. The molecule has 0 aliphatic carbocycles. The first kappa shape index (κ1) is 15.7. The number of aryl methyl sites for hydroxylation is 2. The number of carbonyl (C=O) groups is 1. The molecule has 0 spiro atoms. The Morgan fingerprint density at radius 2 is 2.10 bits per heavy atom. The molecule has 114 valence electrons. The molecule has 1 aromatic carbocycles. The lowest BCUT2D eigenvalue weighted by Gasteiger charge is -2.28. The van der Waals surface area contributed by atoms with Crippen molar-refractivity contribution >= 4 is 23.2 Å². The lowest BCUT2D eigenvalue weighted by atomic mass is 10.1. The Kier molecular flexibility index (Phi) is 5.52. The molecule has 5 nitrogen and oxygen atoms in total. The van der Waals surface area contributed by atoms with Crippen LogP contribution in [0.1, 0.15) is 11.1 Å². The molecule has 1 saturated heterocycles. The van der Waals surface area contributed by atoms with Gasteiger partial charge in [0.15, 0.2) is 11.7 Å². The van der Waals surface area contributed by atoms with Gasteiger partial charge in [-0.2, -0.15) is 0 Å². The normalized spacial score (nSPS) is 14.7. The number of rotatable bonds is 3. The topological polar surface area (TPSA) is 50.8 Å². The van der Waals surface area contributed by atoms with Crippen LogP contribution < -0.4 is 10.1 Å². The molecule has 21 heavy (non-hydrogen) atoms. The van der Waals surface area contributed by atoms with E-state index in [0.717, 1.165) is 16.9 Å². The first-order valence-electron chi connectivity index (χ1n) is 6.93. The van der Waals surface area contributed by atoms with Crippen molar-refractivity contribution in [1.82, 2.24) is 10.2 Å². The Balaban J connectivity index is 1.81. The fraction of sp³-hybridized carbons (Fsp3) is 0.467. The molecular formula is C15H20N2O3S. The van der Waals surface area contributed by atoms with Gasteiger partial charge in [-0.05, 0) is 43.3 Å². The predicted molar refractivity (Wildman–Crippen MR) is 84.5 cm³/mol. The van der Waals surface area contributed by atoms with Gasteiger partial charge in [0, 0.05) is 13.1 Å². The van der Waals surface area contributed by atoms with E-state index in [1.54, 1.807) is 0 Å². The lowest BCUT2D eigenvalue weighted by Crippen LogP contribution is -2.48. The number of carbonyl (C=O) groups excluding carboxylic acids is 1. The summed E-state index contributed by atoms with van der Waals surface area (Å²) in [6, 6.07) is 5.90. The van der Waals surface area contributed by atoms with Gasteiger partial charge in [-0.15, -0.1) is 0 Å². The van der Waals surface area contributed by atoms with E-state index in [9.17, 15) is 4.79 Å². The van der Waals surface area contributed by atoms with Gasteiger partial charge in [0.2, 0.25) is 0 Å². The number of thiocarbonyl (C=S) groups is 1. The molecule has 1 fully saturated rings. The Bertz CT molecular complexity index is 528. The van der Waals surface area contributed by atoms with E-state index in [1.807, 2.05) is 36.9 Å². The highest BCUT2D eigenvalue weighted by molar-refractivity contribution is 7.80. The van der Waals surface area contributed by atoms with Crippen LogP contribution in [0.5, 0.6) is 5.75 Å². The summed E-state index contributed by atoms with van der Waals surface area (Å²) < 4.78 is 10.8. The molecule has 0 radical (unpaired) electrons. The Morgan fingerprint density at radius 3 is 2.81 bits per heavy atom. The molecule has 1 aliphatic heterocycles. The number of nitrogens with one attached hydrogen (secondary N) is 1. The Hall–Kier alpha value is -1.66. The van der Waals surface area contributed by atoms with Crippen LogP contribution in [0.3, 0.4) is 0 Å². The third-order valence-electron chi connectivity index (χ3n) is 3.25. The molecule has 1 amide bonds. The summed E-state index contributed by atoms with van der Waals surface area (Å²) in [4.78, 5) is 13.8. The summed E-state index contributed by atoms with van der Waals surface area (Å²) in [5, 5.41) is 3.13. The third-order valence-corrected chi connectivity index (χ3v) is 3.61. The van der Waals surface area contributed by atoms with Gasteiger partial charge < -0.3 is 19.7 Å². The fourth-order valence-corrected chi connectivity index (χ4v) is 2.30. The number of amides is 1. The molecule has 1 heterocycles. The minimum atomic E-state index is -0.243. The van der Waals surface area contributed by atoms with Crippen molar-refractivity contribution in [3.63, 3.8) is 0 Å². The maximum Gasteiger partial charge on any atom is 0.264 e. The molecule has 1 aliphatic rings. The van der Waals surface area contributed by atoms with Gasteiger partial charge in [-0.3, -0.25) is 4.79 Å². The second kappa shape index (κ2) is 7.38. The summed E-state index contributed by atoms with van der Waals surface area (Å²) in [7, 11) is 0. The second-order valence-corrected chi connectivity index (χ2v) is 5.40. The second-order valence-electron chi connectivity index (χ2n) is 5.01. The standard InChI is InChI=1S/C15H20N2O3S/c1-11-3-4-12(2)13(9-11)20-10-14(18)16-15(21)17-5-7-19-8-6-17/h3-4,9H,5-8,10H2,1-2H3,(H,16,18,21). The van der Waals surface area contributed by atoms with Gasteiger partial charge in [-0.25, -0.2) is 0 Å². The molecule has 0 aromatic heterocycles. The summed E-state index contributed by atoms with van der Waals surface area (Å²) in [5.74, 6) is 0.481. The Morgan fingerprint density at radius 1 is 1.38 bits per heavy atom. The first-order chi connectivity index (χ1) is 10.1. The van der Waals surface area contributed by atoms with E-state index in [-0.39, 0.29) is 12.5 Å². The van der Waals surface area contributed by atoms with Crippen molar-refractivity contribution in [1.29, 1.82) is 0 Å². The predicted octanol–water partition coefficient (Wildman–Crippen LogP) is 1.42. The average Bonchev–Trinajstić information content (AvgIpc) is 2.49. The zero-order chi connectivity index (χ0) is 15.2. The molecule has 1 aromatic rings. The summed E-state index contributed by atoms with van der Waals surface area (Å²) >= 11 is 5.21. The molecule has 0 atom stereocenters. The van der Waals surface area contributed by atoms with Crippen LogP contribution in [-0.2, 0) is 9.53 Å². The molecule has 1 N–H and O–H groups in total. The van der Waals surface area contributed by atoms with Crippen LogP contribution >= 0.6 is 12.2 Å². The highest BCUT2D eigenvalue weighted by Gasteiger charge is 2.16. The zero-order valence-corrected chi connectivity index (χ0v) is 13.2. The minimum absolute atomic E-state index is 0.0469. The van der Waals surface area contributed by atoms with Gasteiger partial charge in [-0.1, -0.05) is 12.1 Å². The Labute approximate surface area is 130 Å². The van der Waals surface area contributed by atoms with Crippen molar-refractivity contribution in [2.75, 3.05) is 32.9 Å². The fourth-order valence-electron chi connectivity index (χ4n) is 2.01. The van der Waals surface area contributed by atoms with Crippen molar-refractivity contribution in [3.8, 4) is 5.75 Å². The lowest BCUT2D eigenvalue weighted by molar-refractivity contribution is -0.121. The van der Waals surface area contributed by atoms with Crippen LogP contribution in [0.25, 0.3) is 0 Å². The van der Waals surface area contributed by atoms with Crippen LogP contribution in [-0.4, -0.2) is 48.8 Å². The minimum Gasteiger partial charge on any atom is -0.483 e. The smallest absolute Gasteiger partial charge is 0.264 e. The van der Waals surface area contributed by atoms with Gasteiger partial charge in [0.05, 0.1) is 13.2 Å². The zero-order valence-electron chi connectivity index (χ0n) is 12.3. The highest BCUT2D eigenvalue weighted by atomic mass is 32.1. The molecular weight excluding hydrogens is 288 g/mol. The van der Waals surface area contributed by atoms with Gasteiger partial charge in [0.1, 0.15) is 5.75 Å².